The van der Waals surface area contributed by atoms with E-state index in [-0.39, 0.29) is 18.5 Å². The average Bonchev–Trinajstić information content (AvgIpc) is 2.83. The fraction of sp³-hybridized carbons (Fsp3) is 0.259. The molecule has 0 saturated heterocycles. The fourth-order valence-corrected chi connectivity index (χ4v) is 4.41. The largest absolute Gasteiger partial charge is 0.481 e. The molecule has 0 spiro atoms. The van der Waals surface area contributed by atoms with Crippen molar-refractivity contribution in [3.05, 3.63) is 94.5 Å². The lowest BCUT2D eigenvalue weighted by Crippen LogP contribution is -2.44. The second kappa shape index (κ2) is 10.2. The molecule has 0 amide bonds. The van der Waals surface area contributed by atoms with Crippen LogP contribution in [0.3, 0.4) is 0 Å². The molecule has 6 nitrogen and oxygen atoms in total. The first-order valence-electron chi connectivity index (χ1n) is 11.2. The Kier molecular flexibility index (Phi) is 6.92. The van der Waals surface area contributed by atoms with Gasteiger partial charge in [-0.3, -0.25) is 4.79 Å². The summed E-state index contributed by atoms with van der Waals surface area (Å²) < 4.78 is 0. The number of aliphatic carboxylic acids is 1. The van der Waals surface area contributed by atoms with Crippen LogP contribution in [0.1, 0.15) is 33.9 Å². The van der Waals surface area contributed by atoms with Gasteiger partial charge in [-0.15, -0.1) is 0 Å². The zero-order chi connectivity index (χ0) is 23.2. The summed E-state index contributed by atoms with van der Waals surface area (Å²) in [7, 11) is 0. The summed E-state index contributed by atoms with van der Waals surface area (Å²) in [5.41, 5.74) is 6.65. The molecule has 0 saturated carbocycles. The number of hydrogen-bond acceptors (Lipinski definition) is 5. The van der Waals surface area contributed by atoms with Gasteiger partial charge in [-0.2, -0.15) is 5.26 Å². The molecule has 3 aromatic carbocycles. The van der Waals surface area contributed by atoms with Crippen LogP contribution in [-0.4, -0.2) is 30.2 Å². The zero-order valence-electron chi connectivity index (χ0n) is 18.6. The molecule has 0 aromatic heterocycles. The first kappa shape index (κ1) is 22.4. The maximum Gasteiger partial charge on any atom is 0.307 e. The van der Waals surface area contributed by atoms with Gasteiger partial charge in [-0.25, -0.2) is 0 Å². The highest BCUT2D eigenvalue weighted by Crippen LogP contribution is 2.33. The number of nitrogens with one attached hydrogen (secondary N) is 3. The molecule has 0 unspecified atom stereocenters. The van der Waals surface area contributed by atoms with Gasteiger partial charge in [0, 0.05) is 6.54 Å². The van der Waals surface area contributed by atoms with Crippen LogP contribution in [0, 0.1) is 18.3 Å². The number of aryl methyl sites for hydroxylation is 1. The van der Waals surface area contributed by atoms with E-state index >= 15 is 0 Å². The Morgan fingerprint density at radius 2 is 2.00 bits per heavy atom. The van der Waals surface area contributed by atoms with Gasteiger partial charge in [0.25, 0.3) is 0 Å². The van der Waals surface area contributed by atoms with Gasteiger partial charge in [0.05, 0.1) is 35.4 Å². The van der Waals surface area contributed by atoms with Gasteiger partial charge in [0.15, 0.2) is 0 Å². The van der Waals surface area contributed by atoms with Crippen LogP contribution in [0.4, 0.5) is 11.4 Å². The predicted octanol–water partition coefficient (Wildman–Crippen LogP) is 4.27. The van der Waals surface area contributed by atoms with Gasteiger partial charge in [-0.1, -0.05) is 54.6 Å². The minimum atomic E-state index is -0.812. The van der Waals surface area contributed by atoms with E-state index in [1.807, 2.05) is 55.5 Å². The number of carbonyl (C=O) groups is 1. The van der Waals surface area contributed by atoms with Crippen molar-refractivity contribution in [1.29, 1.82) is 5.26 Å². The number of anilines is 2. The summed E-state index contributed by atoms with van der Waals surface area (Å²) in [6.07, 6.45) is 0.880. The summed E-state index contributed by atoms with van der Waals surface area (Å²) >= 11 is 0. The molecule has 168 valence electrons. The topological polar surface area (TPSA) is 97.2 Å². The lowest BCUT2D eigenvalue weighted by Gasteiger charge is -2.35. The molecule has 6 heteroatoms. The highest BCUT2D eigenvalue weighted by Gasteiger charge is 2.27. The molecule has 0 fully saturated rings. The maximum absolute atomic E-state index is 11.0. The van der Waals surface area contributed by atoms with E-state index in [0.717, 1.165) is 42.0 Å². The zero-order valence-corrected chi connectivity index (χ0v) is 18.6. The number of benzene rings is 3. The number of nitriles is 1. The SMILES string of the molecule is Cc1cc(CCN[C@H](c2ccccc2)[C@H]2CNc3cccc(C#N)c3N2)ccc1CC(=O)O. The molecule has 3 aromatic rings. The molecule has 0 bridgehead atoms. The monoisotopic (exact) mass is 440 g/mol. The number of para-hydroxylation sites is 1. The molecule has 1 heterocycles. The number of rotatable bonds is 8. The third-order valence-electron chi connectivity index (χ3n) is 6.11. The van der Waals surface area contributed by atoms with E-state index in [1.54, 1.807) is 0 Å². The number of carboxylic acids is 1. The third-order valence-corrected chi connectivity index (χ3v) is 6.11. The molecule has 4 rings (SSSR count). The highest BCUT2D eigenvalue weighted by atomic mass is 16.4. The quantitative estimate of drug-likeness (QED) is 0.418. The number of hydrogen-bond donors (Lipinski definition) is 4. The summed E-state index contributed by atoms with van der Waals surface area (Å²) in [5, 5.41) is 29.4. The van der Waals surface area contributed by atoms with Crippen molar-refractivity contribution in [3.63, 3.8) is 0 Å². The minimum absolute atomic E-state index is 0.0472. The van der Waals surface area contributed by atoms with Gasteiger partial charge in [0.1, 0.15) is 6.07 Å². The molecular formula is C27H28N4O2. The lowest BCUT2D eigenvalue weighted by molar-refractivity contribution is -0.136. The van der Waals surface area contributed by atoms with Crippen molar-refractivity contribution in [3.8, 4) is 6.07 Å². The molecule has 1 aliphatic rings. The van der Waals surface area contributed by atoms with Gasteiger partial charge in [-0.05, 0) is 54.3 Å². The van der Waals surface area contributed by atoms with Crippen LogP contribution >= 0.6 is 0 Å². The van der Waals surface area contributed by atoms with Crippen molar-refractivity contribution < 1.29 is 9.90 Å². The Morgan fingerprint density at radius 3 is 2.73 bits per heavy atom. The predicted molar refractivity (Wildman–Crippen MR) is 130 cm³/mol. The van der Waals surface area contributed by atoms with Crippen LogP contribution in [0.5, 0.6) is 0 Å². The number of fused-ring (bicyclic) bond motifs is 1. The standard InChI is InChI=1S/C27H28N4O2/c1-18-14-19(10-11-21(18)15-25(32)33)12-13-29-26(20-6-3-2-4-7-20)24-17-30-23-9-5-8-22(16-28)27(23)31-24/h2-11,14,24,26,29-31H,12-13,15,17H2,1H3,(H,32,33)/t24-,26-/m1/s1. The van der Waals surface area contributed by atoms with Crippen LogP contribution in [0.25, 0.3) is 0 Å². The fourth-order valence-electron chi connectivity index (χ4n) is 4.41. The van der Waals surface area contributed by atoms with Gasteiger partial charge < -0.3 is 21.1 Å². The maximum atomic E-state index is 11.0. The van der Waals surface area contributed by atoms with E-state index in [4.69, 9.17) is 5.11 Å². The number of carboxylic acid groups (broad SMARTS) is 1. The smallest absolute Gasteiger partial charge is 0.307 e. The summed E-state index contributed by atoms with van der Waals surface area (Å²) in [4.78, 5) is 11.0. The Labute approximate surface area is 194 Å². The highest BCUT2D eigenvalue weighted by molar-refractivity contribution is 5.77. The second-order valence-corrected chi connectivity index (χ2v) is 8.40. The summed E-state index contributed by atoms with van der Waals surface area (Å²) in [5.74, 6) is -0.812. The average molecular weight is 441 g/mol. The van der Waals surface area contributed by atoms with Crippen molar-refractivity contribution in [2.75, 3.05) is 23.7 Å². The molecular weight excluding hydrogens is 412 g/mol. The van der Waals surface area contributed by atoms with Crippen LogP contribution in [0.15, 0.2) is 66.7 Å². The molecule has 0 aliphatic carbocycles. The molecule has 2 atom stereocenters. The van der Waals surface area contributed by atoms with Crippen LogP contribution in [0.2, 0.25) is 0 Å². The first-order valence-corrected chi connectivity index (χ1v) is 11.2. The molecule has 0 radical (unpaired) electrons. The van der Waals surface area contributed by atoms with E-state index in [0.29, 0.717) is 5.56 Å². The summed E-state index contributed by atoms with van der Waals surface area (Å²) in [6.45, 7) is 3.46. The third kappa shape index (κ3) is 5.33. The van der Waals surface area contributed by atoms with Gasteiger partial charge in [0.2, 0.25) is 0 Å². The Morgan fingerprint density at radius 1 is 1.18 bits per heavy atom. The van der Waals surface area contributed by atoms with Gasteiger partial charge >= 0.3 is 5.97 Å². The summed E-state index contributed by atoms with van der Waals surface area (Å²) in [6, 6.07) is 24.4. The Balaban J connectivity index is 1.48. The van der Waals surface area contributed by atoms with E-state index < -0.39 is 5.97 Å². The van der Waals surface area contributed by atoms with Crippen molar-refractivity contribution in [2.24, 2.45) is 0 Å². The Hall–Kier alpha value is -3.82. The van der Waals surface area contributed by atoms with Crippen LogP contribution in [-0.2, 0) is 17.6 Å². The van der Waals surface area contributed by atoms with Crippen LogP contribution < -0.4 is 16.0 Å². The minimum Gasteiger partial charge on any atom is -0.481 e. The van der Waals surface area contributed by atoms with Crippen molar-refractivity contribution >= 4 is 17.3 Å². The first-order chi connectivity index (χ1) is 16.0. The van der Waals surface area contributed by atoms with E-state index in [1.165, 1.54) is 11.1 Å². The molecule has 1 aliphatic heterocycles. The Bertz CT molecular complexity index is 1170. The normalized spacial score (nSPS) is 15.5. The van der Waals surface area contributed by atoms with Crippen molar-refractivity contribution in [1.82, 2.24) is 5.32 Å². The number of nitrogens with zero attached hydrogens (tertiary/aromatic N) is 1. The molecule has 33 heavy (non-hydrogen) atoms. The van der Waals surface area contributed by atoms with Crippen molar-refractivity contribution in [2.45, 2.75) is 31.8 Å². The lowest BCUT2D eigenvalue weighted by atomic mass is 9.95. The van der Waals surface area contributed by atoms with E-state index in [9.17, 15) is 10.1 Å². The van der Waals surface area contributed by atoms with E-state index in [2.05, 4.69) is 40.2 Å². The second-order valence-electron chi connectivity index (χ2n) is 8.40. The molecule has 4 N–H and O–H groups in total.